The molecule has 2 N–H and O–H groups in total. The quantitative estimate of drug-likeness (QED) is 0.779. The summed E-state index contributed by atoms with van der Waals surface area (Å²) >= 11 is 0. The van der Waals surface area contributed by atoms with Crippen LogP contribution in [0.25, 0.3) is 0 Å². The van der Waals surface area contributed by atoms with Gasteiger partial charge in [-0.2, -0.15) is 0 Å². The van der Waals surface area contributed by atoms with E-state index in [1.165, 1.54) is 12.3 Å². The van der Waals surface area contributed by atoms with E-state index in [0.717, 1.165) is 0 Å². The molecule has 0 aliphatic rings. The number of ether oxygens (including phenoxy) is 1. The molecule has 0 spiro atoms. The van der Waals surface area contributed by atoms with E-state index in [0.29, 0.717) is 23.3 Å². The van der Waals surface area contributed by atoms with Gasteiger partial charge >= 0.3 is 0 Å². The maximum atomic E-state index is 11.4. The number of hydrogen-bond acceptors (Lipinski definition) is 5. The third-order valence-corrected chi connectivity index (χ3v) is 4.78. The summed E-state index contributed by atoms with van der Waals surface area (Å²) in [5.74, 6) is 0.587. The van der Waals surface area contributed by atoms with Crippen LogP contribution in [0.1, 0.15) is 17.5 Å². The Hall–Kier alpha value is -1.12. The van der Waals surface area contributed by atoms with Gasteiger partial charge in [0.15, 0.2) is 0 Å². The highest BCUT2D eigenvalue weighted by molar-refractivity contribution is 7.90. The van der Waals surface area contributed by atoms with E-state index >= 15 is 0 Å². The van der Waals surface area contributed by atoms with Crippen molar-refractivity contribution in [3.8, 4) is 5.75 Å². The van der Waals surface area contributed by atoms with Crippen LogP contribution in [0.15, 0.2) is 17.0 Å². The Bertz CT molecular complexity index is 693. The van der Waals surface area contributed by atoms with E-state index in [2.05, 4.69) is 0 Å². The molecule has 0 saturated heterocycles. The number of primary sulfonamides is 1. The zero-order chi connectivity index (χ0) is 15.6. The summed E-state index contributed by atoms with van der Waals surface area (Å²) in [6, 6.07) is 3.05. The smallest absolute Gasteiger partial charge is 0.238 e. The minimum absolute atomic E-state index is 0.0558. The summed E-state index contributed by atoms with van der Waals surface area (Å²) in [7, 11) is -6.75. The van der Waals surface area contributed by atoms with Gasteiger partial charge in [-0.15, -0.1) is 0 Å². The van der Waals surface area contributed by atoms with Crippen LogP contribution < -0.4 is 9.88 Å². The summed E-state index contributed by atoms with van der Waals surface area (Å²) in [5, 5.41) is 5.11. The predicted molar refractivity (Wildman–Crippen MR) is 77.1 cm³/mol. The second-order valence-electron chi connectivity index (χ2n) is 4.76. The Labute approximate surface area is 119 Å². The fourth-order valence-corrected chi connectivity index (χ4v) is 3.22. The third-order valence-electron chi connectivity index (χ3n) is 2.70. The van der Waals surface area contributed by atoms with Gasteiger partial charge in [0.1, 0.15) is 15.6 Å². The monoisotopic (exact) mass is 321 g/mol. The molecule has 114 valence electrons. The SMILES string of the molecule is Cc1cc(S(N)(=O)=O)c(C)cc1OCCCS(C)(=O)=O. The minimum atomic E-state index is -3.75. The molecule has 0 unspecified atom stereocenters. The fourth-order valence-electron chi connectivity index (χ4n) is 1.73. The van der Waals surface area contributed by atoms with E-state index < -0.39 is 19.9 Å². The highest BCUT2D eigenvalue weighted by Gasteiger charge is 2.14. The van der Waals surface area contributed by atoms with E-state index in [9.17, 15) is 16.8 Å². The normalized spacial score (nSPS) is 12.4. The molecule has 20 heavy (non-hydrogen) atoms. The second kappa shape index (κ2) is 6.11. The molecule has 0 fully saturated rings. The molecule has 0 radical (unpaired) electrons. The zero-order valence-corrected chi connectivity index (χ0v) is 13.3. The summed E-state index contributed by atoms with van der Waals surface area (Å²) in [6.45, 7) is 3.59. The number of sulfone groups is 1. The van der Waals surface area contributed by atoms with Gasteiger partial charge in [0.25, 0.3) is 0 Å². The van der Waals surface area contributed by atoms with Crippen molar-refractivity contribution < 1.29 is 21.6 Å². The van der Waals surface area contributed by atoms with Gasteiger partial charge in [-0.3, -0.25) is 0 Å². The number of nitrogens with two attached hydrogens (primary N) is 1. The van der Waals surface area contributed by atoms with Crippen LogP contribution in [0.2, 0.25) is 0 Å². The van der Waals surface area contributed by atoms with Crippen molar-refractivity contribution in [2.45, 2.75) is 25.2 Å². The molecule has 0 saturated carbocycles. The van der Waals surface area contributed by atoms with E-state index in [1.54, 1.807) is 19.9 Å². The molecule has 8 heteroatoms. The number of sulfonamides is 1. The van der Waals surface area contributed by atoms with Gasteiger partial charge in [-0.05, 0) is 43.5 Å². The molecule has 0 heterocycles. The number of benzene rings is 1. The van der Waals surface area contributed by atoms with Crippen LogP contribution in [-0.2, 0) is 19.9 Å². The Balaban J connectivity index is 2.81. The molecule has 1 aromatic carbocycles. The van der Waals surface area contributed by atoms with Crippen molar-refractivity contribution in [1.29, 1.82) is 0 Å². The summed E-state index contributed by atoms with van der Waals surface area (Å²) in [6.07, 6.45) is 1.55. The highest BCUT2D eigenvalue weighted by Crippen LogP contribution is 2.25. The van der Waals surface area contributed by atoms with Crippen molar-refractivity contribution in [1.82, 2.24) is 0 Å². The van der Waals surface area contributed by atoms with Crippen molar-refractivity contribution in [3.05, 3.63) is 23.3 Å². The average molecular weight is 321 g/mol. The zero-order valence-electron chi connectivity index (χ0n) is 11.7. The lowest BCUT2D eigenvalue weighted by Crippen LogP contribution is -2.14. The molecule has 0 aromatic heterocycles. The van der Waals surface area contributed by atoms with Crippen LogP contribution in [-0.4, -0.2) is 35.5 Å². The van der Waals surface area contributed by atoms with Crippen LogP contribution in [0.3, 0.4) is 0 Å². The molecule has 1 rings (SSSR count). The lowest BCUT2D eigenvalue weighted by Gasteiger charge is -2.12. The van der Waals surface area contributed by atoms with Crippen molar-refractivity contribution in [3.63, 3.8) is 0 Å². The molecular formula is C12H19NO5S2. The molecule has 0 amide bonds. The molecule has 0 aliphatic heterocycles. The molecule has 1 aromatic rings. The first kappa shape index (κ1) is 16.9. The summed E-state index contributed by atoms with van der Waals surface area (Å²) in [4.78, 5) is 0.0680. The molecule has 0 bridgehead atoms. The van der Waals surface area contributed by atoms with Gasteiger partial charge in [-0.25, -0.2) is 22.0 Å². The van der Waals surface area contributed by atoms with Gasteiger partial charge in [0.05, 0.1) is 17.3 Å². The van der Waals surface area contributed by atoms with Crippen LogP contribution in [0.4, 0.5) is 0 Å². The first-order valence-electron chi connectivity index (χ1n) is 5.95. The average Bonchev–Trinajstić information content (AvgIpc) is 2.25. The highest BCUT2D eigenvalue weighted by atomic mass is 32.2. The fraction of sp³-hybridized carbons (Fsp3) is 0.500. The van der Waals surface area contributed by atoms with Crippen molar-refractivity contribution in [2.24, 2.45) is 5.14 Å². The summed E-state index contributed by atoms with van der Waals surface area (Å²) < 4.78 is 50.2. The number of hydrogen-bond donors (Lipinski definition) is 1. The first-order valence-corrected chi connectivity index (χ1v) is 9.56. The Morgan fingerprint density at radius 2 is 1.70 bits per heavy atom. The van der Waals surface area contributed by atoms with Crippen LogP contribution >= 0.6 is 0 Å². The van der Waals surface area contributed by atoms with Gasteiger partial charge in [0, 0.05) is 6.26 Å². The van der Waals surface area contributed by atoms with Crippen molar-refractivity contribution >= 4 is 19.9 Å². The van der Waals surface area contributed by atoms with Gasteiger partial charge < -0.3 is 4.74 Å². The molecule has 0 atom stereocenters. The maximum Gasteiger partial charge on any atom is 0.238 e. The van der Waals surface area contributed by atoms with E-state index in [1.807, 2.05) is 0 Å². The van der Waals surface area contributed by atoms with Crippen LogP contribution in [0, 0.1) is 13.8 Å². The number of rotatable bonds is 6. The molecule has 6 nitrogen and oxygen atoms in total. The maximum absolute atomic E-state index is 11.4. The topological polar surface area (TPSA) is 104 Å². The summed E-state index contributed by atoms with van der Waals surface area (Å²) in [5.41, 5.74) is 1.13. The molecule has 0 aliphatic carbocycles. The first-order chi connectivity index (χ1) is 9.00. The number of aryl methyl sites for hydroxylation is 2. The van der Waals surface area contributed by atoms with E-state index in [4.69, 9.17) is 9.88 Å². The van der Waals surface area contributed by atoms with Gasteiger partial charge in [-0.1, -0.05) is 0 Å². The van der Waals surface area contributed by atoms with Gasteiger partial charge in [0.2, 0.25) is 10.0 Å². The standard InChI is InChI=1S/C12H19NO5S2/c1-9-8-12(20(13,16)17)10(2)7-11(9)18-5-4-6-19(3,14)15/h7-8H,4-6H2,1-3H3,(H2,13,16,17). The second-order valence-corrected chi connectivity index (χ2v) is 8.55. The molecular weight excluding hydrogens is 302 g/mol. The van der Waals surface area contributed by atoms with E-state index in [-0.39, 0.29) is 17.3 Å². The Morgan fingerprint density at radius 3 is 2.20 bits per heavy atom. The third kappa shape index (κ3) is 5.10. The minimum Gasteiger partial charge on any atom is -0.493 e. The van der Waals surface area contributed by atoms with Crippen molar-refractivity contribution in [2.75, 3.05) is 18.6 Å². The Kier molecular flexibility index (Phi) is 5.17. The Morgan fingerprint density at radius 1 is 1.10 bits per heavy atom. The lowest BCUT2D eigenvalue weighted by atomic mass is 10.1. The largest absolute Gasteiger partial charge is 0.493 e. The van der Waals surface area contributed by atoms with Crippen LogP contribution in [0.5, 0.6) is 5.75 Å². The lowest BCUT2D eigenvalue weighted by molar-refractivity contribution is 0.315. The predicted octanol–water partition coefficient (Wildman–Crippen LogP) is 0.764.